The van der Waals surface area contributed by atoms with E-state index in [1.807, 2.05) is 27.9 Å². The fourth-order valence-corrected chi connectivity index (χ4v) is 1.81. The SMILES string of the molecule is CCN(CC)C(=O)C(C)Nc1nc(NC)nc(N(C)C)n1. The minimum absolute atomic E-state index is 0.0258. The molecule has 0 aromatic carbocycles. The van der Waals surface area contributed by atoms with Crippen molar-refractivity contribution in [3.05, 3.63) is 0 Å². The molecule has 2 N–H and O–H groups in total. The Bertz CT molecular complexity index is 474. The average Bonchev–Trinajstić information content (AvgIpc) is 2.47. The van der Waals surface area contributed by atoms with Crippen LogP contribution < -0.4 is 15.5 Å². The number of carbonyl (C=O) groups excluding carboxylic acids is 1. The summed E-state index contributed by atoms with van der Waals surface area (Å²) in [5.74, 6) is 1.39. The van der Waals surface area contributed by atoms with Crippen LogP contribution in [0.4, 0.5) is 17.8 Å². The van der Waals surface area contributed by atoms with Gasteiger partial charge >= 0.3 is 0 Å². The van der Waals surface area contributed by atoms with Gasteiger partial charge in [0.05, 0.1) is 0 Å². The van der Waals surface area contributed by atoms with E-state index in [9.17, 15) is 4.79 Å². The van der Waals surface area contributed by atoms with Gasteiger partial charge in [0, 0.05) is 34.2 Å². The van der Waals surface area contributed by atoms with Gasteiger partial charge in [0.2, 0.25) is 23.8 Å². The molecule has 1 heterocycles. The van der Waals surface area contributed by atoms with Crippen LogP contribution in [0, 0.1) is 0 Å². The first-order valence-corrected chi connectivity index (χ1v) is 7.09. The number of nitrogens with zero attached hydrogens (tertiary/aromatic N) is 5. The molecule has 1 rings (SSSR count). The normalized spacial score (nSPS) is 11.7. The van der Waals surface area contributed by atoms with Crippen LogP contribution in [-0.2, 0) is 4.79 Å². The molecular weight excluding hydrogens is 270 g/mol. The smallest absolute Gasteiger partial charge is 0.244 e. The van der Waals surface area contributed by atoms with Crippen molar-refractivity contribution in [1.29, 1.82) is 0 Å². The van der Waals surface area contributed by atoms with E-state index in [-0.39, 0.29) is 5.91 Å². The van der Waals surface area contributed by atoms with Gasteiger partial charge in [-0.05, 0) is 20.8 Å². The summed E-state index contributed by atoms with van der Waals surface area (Å²) in [6.45, 7) is 7.09. The van der Waals surface area contributed by atoms with Gasteiger partial charge in [-0.1, -0.05) is 0 Å². The number of aromatic nitrogens is 3. The molecule has 21 heavy (non-hydrogen) atoms. The van der Waals surface area contributed by atoms with Gasteiger partial charge in [-0.2, -0.15) is 15.0 Å². The van der Waals surface area contributed by atoms with Crippen molar-refractivity contribution in [2.75, 3.05) is 49.8 Å². The van der Waals surface area contributed by atoms with Crippen molar-refractivity contribution >= 4 is 23.8 Å². The molecule has 1 amide bonds. The third-order valence-corrected chi connectivity index (χ3v) is 3.04. The molecule has 0 aliphatic heterocycles. The standard InChI is InChI=1S/C13H25N7O/c1-7-20(8-2)10(21)9(3)15-12-16-11(14-4)17-13(18-12)19(5)6/h9H,7-8H2,1-6H3,(H2,14,15,16,17,18). The van der Waals surface area contributed by atoms with E-state index in [1.54, 1.807) is 23.8 Å². The molecule has 1 unspecified atom stereocenters. The number of anilines is 3. The predicted octanol–water partition coefficient (Wildman–Crippen LogP) is 0.648. The Hall–Kier alpha value is -2.12. The van der Waals surface area contributed by atoms with Crippen LogP contribution in [0.1, 0.15) is 20.8 Å². The molecule has 8 heteroatoms. The van der Waals surface area contributed by atoms with Crippen molar-refractivity contribution in [2.45, 2.75) is 26.8 Å². The maximum absolute atomic E-state index is 12.2. The lowest BCUT2D eigenvalue weighted by Crippen LogP contribution is -2.41. The van der Waals surface area contributed by atoms with Crippen molar-refractivity contribution in [2.24, 2.45) is 0 Å². The van der Waals surface area contributed by atoms with Crippen LogP contribution in [-0.4, -0.2) is 66.0 Å². The van der Waals surface area contributed by atoms with Crippen LogP contribution in [0.5, 0.6) is 0 Å². The molecule has 118 valence electrons. The predicted molar refractivity (Wildman–Crippen MR) is 84.7 cm³/mol. The summed E-state index contributed by atoms with van der Waals surface area (Å²) in [6.07, 6.45) is 0. The number of carbonyl (C=O) groups is 1. The first-order chi connectivity index (χ1) is 9.92. The molecule has 0 bridgehead atoms. The second-order valence-corrected chi connectivity index (χ2v) is 4.80. The van der Waals surface area contributed by atoms with Crippen LogP contribution in [0.3, 0.4) is 0 Å². The van der Waals surface area contributed by atoms with E-state index in [1.165, 1.54) is 0 Å². The third kappa shape index (κ3) is 4.44. The van der Waals surface area contributed by atoms with Crippen LogP contribution in [0.15, 0.2) is 0 Å². The van der Waals surface area contributed by atoms with Crippen molar-refractivity contribution in [3.8, 4) is 0 Å². The lowest BCUT2D eigenvalue weighted by atomic mass is 10.3. The average molecular weight is 295 g/mol. The molecular formula is C13H25N7O. The van der Waals surface area contributed by atoms with Crippen LogP contribution >= 0.6 is 0 Å². The Morgan fingerprint density at radius 3 is 2.19 bits per heavy atom. The molecule has 8 nitrogen and oxygen atoms in total. The van der Waals surface area contributed by atoms with Crippen molar-refractivity contribution in [1.82, 2.24) is 19.9 Å². The quantitative estimate of drug-likeness (QED) is 0.763. The van der Waals surface area contributed by atoms with E-state index in [0.717, 1.165) is 0 Å². The molecule has 0 aliphatic carbocycles. The molecule has 0 saturated heterocycles. The Kier molecular flexibility index (Phi) is 6.13. The Labute approximate surface area is 126 Å². The molecule has 1 aromatic rings. The second kappa shape index (κ2) is 7.61. The fraction of sp³-hybridized carbons (Fsp3) is 0.692. The fourth-order valence-electron chi connectivity index (χ4n) is 1.81. The number of amides is 1. The largest absolute Gasteiger partial charge is 0.357 e. The van der Waals surface area contributed by atoms with Gasteiger partial charge in [0.25, 0.3) is 0 Å². The minimum Gasteiger partial charge on any atom is -0.357 e. The maximum atomic E-state index is 12.2. The summed E-state index contributed by atoms with van der Waals surface area (Å²) in [6, 6.07) is -0.396. The Balaban J connectivity index is 2.91. The van der Waals surface area contributed by atoms with Crippen molar-refractivity contribution in [3.63, 3.8) is 0 Å². The first kappa shape index (κ1) is 16.9. The highest BCUT2D eigenvalue weighted by molar-refractivity contribution is 5.83. The third-order valence-electron chi connectivity index (χ3n) is 3.04. The zero-order chi connectivity index (χ0) is 16.0. The van der Waals surface area contributed by atoms with Gasteiger partial charge in [-0.3, -0.25) is 4.79 Å². The van der Waals surface area contributed by atoms with Crippen LogP contribution in [0.25, 0.3) is 0 Å². The molecule has 0 aliphatic rings. The van der Waals surface area contributed by atoms with E-state index in [0.29, 0.717) is 30.9 Å². The summed E-state index contributed by atoms with van der Waals surface area (Å²) in [5.41, 5.74) is 0. The maximum Gasteiger partial charge on any atom is 0.244 e. The summed E-state index contributed by atoms with van der Waals surface area (Å²) in [4.78, 5) is 28.6. The van der Waals surface area contributed by atoms with Crippen molar-refractivity contribution < 1.29 is 4.79 Å². The van der Waals surface area contributed by atoms with E-state index < -0.39 is 6.04 Å². The van der Waals surface area contributed by atoms with E-state index >= 15 is 0 Å². The Morgan fingerprint density at radius 1 is 1.14 bits per heavy atom. The topological polar surface area (TPSA) is 86.3 Å². The highest BCUT2D eigenvalue weighted by atomic mass is 16.2. The number of rotatable bonds is 7. The molecule has 0 radical (unpaired) electrons. The number of hydrogen-bond acceptors (Lipinski definition) is 7. The number of nitrogens with one attached hydrogen (secondary N) is 2. The number of hydrogen-bond donors (Lipinski definition) is 2. The minimum atomic E-state index is -0.396. The highest BCUT2D eigenvalue weighted by Gasteiger charge is 2.19. The first-order valence-electron chi connectivity index (χ1n) is 7.09. The van der Waals surface area contributed by atoms with Gasteiger partial charge in [-0.25, -0.2) is 0 Å². The van der Waals surface area contributed by atoms with Gasteiger partial charge in [0.1, 0.15) is 6.04 Å². The monoisotopic (exact) mass is 295 g/mol. The molecule has 0 saturated carbocycles. The molecule has 0 fully saturated rings. The summed E-state index contributed by atoms with van der Waals surface area (Å²) < 4.78 is 0. The van der Waals surface area contributed by atoms with Gasteiger partial charge < -0.3 is 20.4 Å². The number of likely N-dealkylation sites (N-methyl/N-ethyl adjacent to an activating group) is 1. The van der Waals surface area contributed by atoms with E-state index in [2.05, 4.69) is 25.6 Å². The van der Waals surface area contributed by atoms with E-state index in [4.69, 9.17) is 0 Å². The summed E-state index contributed by atoms with van der Waals surface area (Å²) >= 11 is 0. The lowest BCUT2D eigenvalue weighted by molar-refractivity contribution is -0.131. The Morgan fingerprint density at radius 2 is 1.71 bits per heavy atom. The molecule has 1 aromatic heterocycles. The lowest BCUT2D eigenvalue weighted by Gasteiger charge is -2.23. The highest BCUT2D eigenvalue weighted by Crippen LogP contribution is 2.12. The van der Waals surface area contributed by atoms with Gasteiger partial charge in [-0.15, -0.1) is 0 Å². The molecule has 1 atom stereocenters. The zero-order valence-corrected chi connectivity index (χ0v) is 13.6. The molecule has 0 spiro atoms. The second-order valence-electron chi connectivity index (χ2n) is 4.80. The van der Waals surface area contributed by atoms with Crippen LogP contribution in [0.2, 0.25) is 0 Å². The zero-order valence-electron chi connectivity index (χ0n) is 13.6. The summed E-state index contributed by atoms with van der Waals surface area (Å²) in [5, 5.41) is 5.93. The van der Waals surface area contributed by atoms with Gasteiger partial charge in [0.15, 0.2) is 0 Å². The summed E-state index contributed by atoms with van der Waals surface area (Å²) in [7, 11) is 5.44.